The average molecular weight is 351 g/mol. The van der Waals surface area contributed by atoms with Gasteiger partial charge in [0, 0.05) is 15.2 Å². The molecule has 0 radical (unpaired) electrons. The van der Waals surface area contributed by atoms with Crippen LogP contribution in [0.15, 0.2) is 46.9 Å². The highest BCUT2D eigenvalue weighted by Crippen LogP contribution is 2.26. The second kappa shape index (κ2) is 6.42. The lowest BCUT2D eigenvalue weighted by Gasteiger charge is -2.09. The van der Waals surface area contributed by atoms with Crippen molar-refractivity contribution in [3.05, 3.63) is 57.5 Å². The molecule has 100 valence electrons. The van der Waals surface area contributed by atoms with E-state index in [9.17, 15) is 4.79 Å². The summed E-state index contributed by atoms with van der Waals surface area (Å²) < 4.78 is 0.725. The summed E-state index contributed by atoms with van der Waals surface area (Å²) >= 11 is 9.19. The molecule has 0 bridgehead atoms. The fourth-order valence-electron chi connectivity index (χ4n) is 1.54. The SMILES string of the molecule is N#Cc1cccc(NC(=O)Nc2cc(Cl)ccc2Br)c1. The number of anilines is 2. The molecule has 0 heterocycles. The zero-order valence-corrected chi connectivity index (χ0v) is 12.5. The van der Waals surface area contributed by atoms with Gasteiger partial charge >= 0.3 is 6.03 Å². The number of nitrogens with one attached hydrogen (secondary N) is 2. The van der Waals surface area contributed by atoms with Crippen LogP contribution in [0.5, 0.6) is 0 Å². The fourth-order valence-corrected chi connectivity index (χ4v) is 2.06. The van der Waals surface area contributed by atoms with Gasteiger partial charge in [0.1, 0.15) is 0 Å². The second-order valence-corrected chi connectivity index (χ2v) is 5.19. The van der Waals surface area contributed by atoms with Gasteiger partial charge in [-0.25, -0.2) is 4.79 Å². The monoisotopic (exact) mass is 349 g/mol. The van der Waals surface area contributed by atoms with Gasteiger partial charge in [0.15, 0.2) is 0 Å². The number of hydrogen-bond donors (Lipinski definition) is 2. The molecule has 4 nitrogen and oxygen atoms in total. The molecule has 0 aliphatic rings. The second-order valence-electron chi connectivity index (χ2n) is 3.90. The van der Waals surface area contributed by atoms with E-state index in [4.69, 9.17) is 16.9 Å². The Bertz CT molecular complexity index is 697. The van der Waals surface area contributed by atoms with E-state index in [0.29, 0.717) is 22.0 Å². The third-order valence-corrected chi connectivity index (χ3v) is 3.35. The van der Waals surface area contributed by atoms with E-state index in [2.05, 4.69) is 26.6 Å². The van der Waals surface area contributed by atoms with Crippen molar-refractivity contribution < 1.29 is 4.79 Å². The molecular formula is C14H9BrClN3O. The number of urea groups is 1. The van der Waals surface area contributed by atoms with Crippen LogP contribution >= 0.6 is 27.5 Å². The molecule has 2 rings (SSSR count). The highest BCUT2D eigenvalue weighted by atomic mass is 79.9. The van der Waals surface area contributed by atoms with Crippen LogP contribution < -0.4 is 10.6 Å². The molecule has 0 aromatic heterocycles. The first-order valence-electron chi connectivity index (χ1n) is 5.62. The normalized spacial score (nSPS) is 9.65. The van der Waals surface area contributed by atoms with Crippen molar-refractivity contribution in [1.29, 1.82) is 5.26 Å². The number of rotatable bonds is 2. The number of carbonyl (C=O) groups is 1. The maximum atomic E-state index is 11.9. The summed E-state index contributed by atoms with van der Waals surface area (Å²) in [5.74, 6) is 0. The third-order valence-electron chi connectivity index (χ3n) is 2.43. The summed E-state index contributed by atoms with van der Waals surface area (Å²) in [5, 5.41) is 14.6. The minimum Gasteiger partial charge on any atom is -0.308 e. The predicted octanol–water partition coefficient (Wildman–Crippen LogP) is 4.62. The Hall–Kier alpha value is -2.03. The molecule has 2 N–H and O–H groups in total. The molecule has 0 aliphatic heterocycles. The standard InChI is InChI=1S/C14H9BrClN3O/c15-12-5-4-10(16)7-13(12)19-14(20)18-11-3-1-2-9(6-11)8-17/h1-7H,(H2,18,19,20). The summed E-state index contributed by atoms with van der Waals surface area (Å²) in [7, 11) is 0. The van der Waals surface area contributed by atoms with E-state index in [1.54, 1.807) is 42.5 Å². The van der Waals surface area contributed by atoms with E-state index in [1.165, 1.54) is 0 Å². The first-order chi connectivity index (χ1) is 9.58. The van der Waals surface area contributed by atoms with Gasteiger partial charge in [-0.1, -0.05) is 17.7 Å². The van der Waals surface area contributed by atoms with Crippen molar-refractivity contribution >= 4 is 44.9 Å². The molecule has 0 unspecified atom stereocenters. The van der Waals surface area contributed by atoms with Crippen molar-refractivity contribution in [3.63, 3.8) is 0 Å². The number of benzene rings is 2. The summed E-state index contributed by atoms with van der Waals surface area (Å²) in [6.45, 7) is 0. The largest absolute Gasteiger partial charge is 0.323 e. The highest BCUT2D eigenvalue weighted by molar-refractivity contribution is 9.10. The molecule has 0 saturated carbocycles. The van der Waals surface area contributed by atoms with Crippen molar-refractivity contribution in [3.8, 4) is 6.07 Å². The van der Waals surface area contributed by atoms with Crippen molar-refractivity contribution in [1.82, 2.24) is 0 Å². The Morgan fingerprint density at radius 1 is 1.20 bits per heavy atom. The van der Waals surface area contributed by atoms with E-state index in [1.807, 2.05) is 6.07 Å². The molecule has 0 atom stereocenters. The molecule has 0 aliphatic carbocycles. The Labute approximate surface area is 129 Å². The lowest BCUT2D eigenvalue weighted by Crippen LogP contribution is -2.19. The number of hydrogen-bond acceptors (Lipinski definition) is 2. The Morgan fingerprint density at radius 3 is 2.75 bits per heavy atom. The first kappa shape index (κ1) is 14.4. The number of nitrogens with zero attached hydrogens (tertiary/aromatic N) is 1. The van der Waals surface area contributed by atoms with Crippen LogP contribution in [0.1, 0.15) is 5.56 Å². The van der Waals surface area contributed by atoms with Gasteiger partial charge in [-0.15, -0.1) is 0 Å². The van der Waals surface area contributed by atoms with Gasteiger partial charge in [0.2, 0.25) is 0 Å². The lowest BCUT2D eigenvalue weighted by atomic mass is 10.2. The molecular weight excluding hydrogens is 342 g/mol. The quantitative estimate of drug-likeness (QED) is 0.830. The van der Waals surface area contributed by atoms with Crippen LogP contribution in [-0.4, -0.2) is 6.03 Å². The van der Waals surface area contributed by atoms with E-state index in [-0.39, 0.29) is 0 Å². The minimum atomic E-state index is -0.414. The smallest absolute Gasteiger partial charge is 0.308 e. The zero-order valence-electron chi connectivity index (χ0n) is 10.2. The number of halogens is 2. The van der Waals surface area contributed by atoms with Crippen LogP contribution in [0.4, 0.5) is 16.2 Å². The average Bonchev–Trinajstić information content (AvgIpc) is 2.43. The van der Waals surface area contributed by atoms with Crippen LogP contribution in [0.3, 0.4) is 0 Å². The number of nitriles is 1. The van der Waals surface area contributed by atoms with E-state index < -0.39 is 6.03 Å². The molecule has 0 spiro atoms. The third kappa shape index (κ3) is 3.73. The van der Waals surface area contributed by atoms with E-state index in [0.717, 1.165) is 4.47 Å². The van der Waals surface area contributed by atoms with Gasteiger partial charge in [-0.05, 0) is 52.3 Å². The fraction of sp³-hybridized carbons (Fsp3) is 0. The number of amides is 2. The van der Waals surface area contributed by atoms with E-state index >= 15 is 0 Å². The molecule has 0 saturated heterocycles. The van der Waals surface area contributed by atoms with Crippen LogP contribution in [0.2, 0.25) is 5.02 Å². The summed E-state index contributed by atoms with van der Waals surface area (Å²) in [6.07, 6.45) is 0. The number of carbonyl (C=O) groups excluding carboxylic acids is 1. The highest BCUT2D eigenvalue weighted by Gasteiger charge is 2.06. The summed E-state index contributed by atoms with van der Waals surface area (Å²) in [6, 6.07) is 13.3. The molecule has 20 heavy (non-hydrogen) atoms. The molecule has 2 aromatic carbocycles. The van der Waals surface area contributed by atoms with Gasteiger partial charge in [0.25, 0.3) is 0 Å². The maximum absolute atomic E-state index is 11.9. The molecule has 6 heteroatoms. The predicted molar refractivity (Wildman–Crippen MR) is 83.0 cm³/mol. The lowest BCUT2D eigenvalue weighted by molar-refractivity contribution is 0.262. The molecule has 2 aromatic rings. The zero-order chi connectivity index (χ0) is 14.5. The van der Waals surface area contributed by atoms with Gasteiger partial charge < -0.3 is 10.6 Å². The van der Waals surface area contributed by atoms with Crippen LogP contribution in [-0.2, 0) is 0 Å². The Kier molecular flexibility index (Phi) is 4.61. The molecule has 0 fully saturated rings. The summed E-state index contributed by atoms with van der Waals surface area (Å²) in [5.41, 5.74) is 1.58. The van der Waals surface area contributed by atoms with Crippen molar-refractivity contribution in [2.45, 2.75) is 0 Å². The van der Waals surface area contributed by atoms with Crippen molar-refractivity contribution in [2.75, 3.05) is 10.6 Å². The van der Waals surface area contributed by atoms with Crippen LogP contribution in [0, 0.1) is 11.3 Å². The summed E-state index contributed by atoms with van der Waals surface area (Å²) in [4.78, 5) is 11.9. The van der Waals surface area contributed by atoms with Crippen LogP contribution in [0.25, 0.3) is 0 Å². The first-order valence-corrected chi connectivity index (χ1v) is 6.79. The topological polar surface area (TPSA) is 64.9 Å². The molecule has 2 amide bonds. The maximum Gasteiger partial charge on any atom is 0.323 e. The van der Waals surface area contributed by atoms with Gasteiger partial charge in [-0.2, -0.15) is 5.26 Å². The van der Waals surface area contributed by atoms with Crippen molar-refractivity contribution in [2.24, 2.45) is 0 Å². The van der Waals surface area contributed by atoms with Gasteiger partial charge in [-0.3, -0.25) is 0 Å². The minimum absolute atomic E-state index is 0.414. The van der Waals surface area contributed by atoms with Gasteiger partial charge in [0.05, 0.1) is 17.3 Å². The Morgan fingerprint density at radius 2 is 2.00 bits per heavy atom. The Balaban J connectivity index is 2.09.